The van der Waals surface area contributed by atoms with Gasteiger partial charge in [0.05, 0.1) is 0 Å². The van der Waals surface area contributed by atoms with Gasteiger partial charge in [0.2, 0.25) is 0 Å². The van der Waals surface area contributed by atoms with Gasteiger partial charge in [-0.2, -0.15) is 0 Å². The second-order valence-electron chi connectivity index (χ2n) is 7.91. The predicted molar refractivity (Wildman–Crippen MR) is 112 cm³/mol. The highest BCUT2D eigenvalue weighted by Gasteiger charge is 2.19. The number of hydrogen-bond donors (Lipinski definition) is 0. The van der Waals surface area contributed by atoms with Gasteiger partial charge in [0.1, 0.15) is 5.82 Å². The van der Waals surface area contributed by atoms with Crippen molar-refractivity contribution < 1.29 is 4.39 Å². The van der Waals surface area contributed by atoms with Crippen LogP contribution in [0.3, 0.4) is 0 Å². The van der Waals surface area contributed by atoms with E-state index in [-0.39, 0.29) is 5.82 Å². The molecule has 0 bridgehead atoms. The molecule has 0 nitrogen and oxygen atoms in total. The van der Waals surface area contributed by atoms with E-state index in [9.17, 15) is 4.39 Å². The maximum Gasteiger partial charge on any atom is 0.131 e. The van der Waals surface area contributed by atoms with Gasteiger partial charge in [0, 0.05) is 5.56 Å². The van der Waals surface area contributed by atoms with Crippen LogP contribution in [0.2, 0.25) is 0 Å². The average Bonchev–Trinajstić information content (AvgIpc) is 2.69. The minimum atomic E-state index is -0.168. The average molecular weight is 357 g/mol. The molecule has 0 N–H and O–H groups in total. The predicted octanol–water partition coefficient (Wildman–Crippen LogP) is 7.72. The van der Waals surface area contributed by atoms with E-state index in [1.807, 2.05) is 43.3 Å². The van der Waals surface area contributed by atoms with Crippen LogP contribution in [0.1, 0.15) is 49.7 Å². The summed E-state index contributed by atoms with van der Waals surface area (Å²) >= 11 is 0. The highest BCUT2D eigenvalue weighted by atomic mass is 19.1. The van der Waals surface area contributed by atoms with Crippen LogP contribution in [0, 0.1) is 18.7 Å². The molecule has 3 aromatic carbocycles. The molecule has 1 aliphatic carbocycles. The fourth-order valence-corrected chi connectivity index (χ4v) is 4.05. The van der Waals surface area contributed by atoms with Crippen LogP contribution >= 0.6 is 0 Å². The Morgan fingerprint density at radius 2 is 1.30 bits per heavy atom. The molecular weight excluding hydrogens is 331 g/mol. The lowest BCUT2D eigenvalue weighted by atomic mass is 9.79. The Labute approximate surface area is 162 Å². The summed E-state index contributed by atoms with van der Waals surface area (Å²) in [6, 6.07) is 22.3. The third-order valence-electron chi connectivity index (χ3n) is 5.89. The largest absolute Gasteiger partial charge is 0.206 e. The molecule has 1 saturated carbocycles. The summed E-state index contributed by atoms with van der Waals surface area (Å²) in [4.78, 5) is 0. The van der Waals surface area contributed by atoms with Gasteiger partial charge in [-0.1, -0.05) is 73.2 Å². The molecule has 0 unspecified atom stereocenters. The highest BCUT2D eigenvalue weighted by Crippen LogP contribution is 2.37. The summed E-state index contributed by atoms with van der Waals surface area (Å²) in [6.45, 7) is 4.31. The topological polar surface area (TPSA) is 0 Å². The zero-order chi connectivity index (χ0) is 18.8. The molecule has 0 amide bonds. The molecule has 0 spiro atoms. The first-order valence-corrected chi connectivity index (χ1v) is 9.88. The molecule has 1 aliphatic rings. The Bertz CT molecular complexity index is 898. The standard InChI is InChI=1S/C26H26F/c1-18-3-7-20(8-4-18)21-11-13-22(14-12-21)24-15-16-25(26(27)17-24)23-9-5-19(2)6-10-23/h5-6,9-17,20H,3-4,7-8H2,1-2H3. The molecular formula is C26H26F. The van der Waals surface area contributed by atoms with Gasteiger partial charge in [-0.15, -0.1) is 0 Å². The fourth-order valence-electron chi connectivity index (χ4n) is 4.05. The minimum Gasteiger partial charge on any atom is -0.206 e. The fraction of sp³-hybridized carbons (Fsp3) is 0.269. The SMILES string of the molecule is C[C]1CCC(c2ccc(-c3ccc(-c4ccc(C)cc4)c(F)c3)cc2)CC1. The Morgan fingerprint density at radius 1 is 0.704 bits per heavy atom. The van der Waals surface area contributed by atoms with Gasteiger partial charge in [0.25, 0.3) is 0 Å². The van der Waals surface area contributed by atoms with Crippen molar-refractivity contribution in [2.45, 2.75) is 45.4 Å². The van der Waals surface area contributed by atoms with Gasteiger partial charge in [-0.3, -0.25) is 0 Å². The molecule has 0 saturated heterocycles. The van der Waals surface area contributed by atoms with Crippen LogP contribution < -0.4 is 0 Å². The van der Waals surface area contributed by atoms with Crippen molar-refractivity contribution in [3.8, 4) is 22.3 Å². The van der Waals surface area contributed by atoms with E-state index >= 15 is 0 Å². The van der Waals surface area contributed by atoms with Gasteiger partial charge < -0.3 is 0 Å². The van der Waals surface area contributed by atoms with E-state index in [4.69, 9.17) is 0 Å². The van der Waals surface area contributed by atoms with Crippen molar-refractivity contribution in [3.05, 3.63) is 89.6 Å². The Hall–Kier alpha value is -2.41. The molecule has 4 rings (SSSR count). The third kappa shape index (κ3) is 3.98. The molecule has 0 aromatic heterocycles. The number of halogens is 1. The second-order valence-corrected chi connectivity index (χ2v) is 7.91. The minimum absolute atomic E-state index is 0.168. The zero-order valence-corrected chi connectivity index (χ0v) is 16.1. The van der Waals surface area contributed by atoms with E-state index in [0.717, 1.165) is 16.7 Å². The Morgan fingerprint density at radius 3 is 1.93 bits per heavy atom. The first-order chi connectivity index (χ1) is 13.1. The lowest BCUT2D eigenvalue weighted by Gasteiger charge is -2.26. The number of benzene rings is 3. The van der Waals surface area contributed by atoms with Gasteiger partial charge in [0.15, 0.2) is 0 Å². The lowest BCUT2D eigenvalue weighted by molar-refractivity contribution is 0.472. The van der Waals surface area contributed by atoms with Gasteiger partial charge in [-0.05, 0) is 72.8 Å². The lowest BCUT2D eigenvalue weighted by Crippen LogP contribution is -2.09. The third-order valence-corrected chi connectivity index (χ3v) is 5.89. The molecule has 1 radical (unpaired) electrons. The van der Waals surface area contributed by atoms with E-state index < -0.39 is 0 Å². The summed E-state index contributed by atoms with van der Waals surface area (Å²) in [6.07, 6.45) is 5.01. The van der Waals surface area contributed by atoms with Crippen molar-refractivity contribution in [2.75, 3.05) is 0 Å². The van der Waals surface area contributed by atoms with Crippen LogP contribution in [0.25, 0.3) is 22.3 Å². The molecule has 3 aromatic rings. The van der Waals surface area contributed by atoms with E-state index in [1.165, 1.54) is 36.8 Å². The highest BCUT2D eigenvalue weighted by molar-refractivity contribution is 5.71. The maximum atomic E-state index is 14.7. The first-order valence-electron chi connectivity index (χ1n) is 9.88. The quantitative estimate of drug-likeness (QED) is 0.450. The van der Waals surface area contributed by atoms with Crippen LogP contribution in [0.5, 0.6) is 0 Å². The number of aryl methyl sites for hydroxylation is 1. The van der Waals surface area contributed by atoms with Crippen molar-refractivity contribution in [3.63, 3.8) is 0 Å². The Kier molecular flexibility index (Phi) is 5.11. The zero-order valence-electron chi connectivity index (χ0n) is 16.1. The van der Waals surface area contributed by atoms with Crippen LogP contribution in [-0.2, 0) is 0 Å². The number of rotatable bonds is 3. The summed E-state index contributed by atoms with van der Waals surface area (Å²) in [5.74, 6) is 2.13. The van der Waals surface area contributed by atoms with Gasteiger partial charge >= 0.3 is 0 Å². The summed E-state index contributed by atoms with van der Waals surface area (Å²) in [5.41, 5.74) is 6.19. The van der Waals surface area contributed by atoms with Crippen LogP contribution in [0.15, 0.2) is 66.7 Å². The Balaban J connectivity index is 1.55. The molecule has 1 heteroatoms. The summed E-state index contributed by atoms with van der Waals surface area (Å²) in [5, 5.41) is 0. The first kappa shape index (κ1) is 18.0. The van der Waals surface area contributed by atoms with E-state index in [1.54, 1.807) is 12.0 Å². The monoisotopic (exact) mass is 357 g/mol. The van der Waals surface area contributed by atoms with Crippen molar-refractivity contribution in [2.24, 2.45) is 0 Å². The van der Waals surface area contributed by atoms with E-state index in [0.29, 0.717) is 11.5 Å². The summed E-state index contributed by atoms with van der Waals surface area (Å²) in [7, 11) is 0. The summed E-state index contributed by atoms with van der Waals surface area (Å²) < 4.78 is 14.7. The smallest absolute Gasteiger partial charge is 0.131 e. The molecule has 1 fully saturated rings. The maximum absolute atomic E-state index is 14.7. The molecule has 27 heavy (non-hydrogen) atoms. The molecule has 0 atom stereocenters. The van der Waals surface area contributed by atoms with Crippen molar-refractivity contribution in [1.82, 2.24) is 0 Å². The van der Waals surface area contributed by atoms with Crippen LogP contribution in [0.4, 0.5) is 4.39 Å². The van der Waals surface area contributed by atoms with Crippen LogP contribution in [-0.4, -0.2) is 0 Å². The van der Waals surface area contributed by atoms with Crippen molar-refractivity contribution >= 4 is 0 Å². The number of hydrogen-bond acceptors (Lipinski definition) is 0. The molecule has 0 heterocycles. The molecule has 137 valence electrons. The second kappa shape index (κ2) is 7.68. The molecule has 0 aliphatic heterocycles. The van der Waals surface area contributed by atoms with Crippen molar-refractivity contribution in [1.29, 1.82) is 0 Å². The van der Waals surface area contributed by atoms with Gasteiger partial charge in [-0.25, -0.2) is 4.39 Å². The normalized spacial score (nSPS) is 15.8. The van der Waals surface area contributed by atoms with E-state index in [2.05, 4.69) is 31.2 Å².